The van der Waals surface area contributed by atoms with Gasteiger partial charge in [0.1, 0.15) is 16.9 Å². The molecule has 3 aromatic rings. The van der Waals surface area contributed by atoms with Crippen LogP contribution in [-0.4, -0.2) is 32.7 Å². The molecule has 3 heterocycles. The number of amides is 2. The Balaban J connectivity index is 1.83. The summed E-state index contributed by atoms with van der Waals surface area (Å²) in [5.41, 5.74) is 0.186. The molecule has 1 N–H and O–H groups in total. The monoisotopic (exact) mass is 442 g/mol. The van der Waals surface area contributed by atoms with E-state index in [4.69, 9.17) is 11.6 Å². The lowest BCUT2D eigenvalue weighted by Crippen LogP contribution is -2.66. The SMILES string of the molecule is CC(C)(C)NC(=O)[C@]1(C)Cn2nc(-c3cccs3)cc2C(=O)N1c1ccc(Cl)cc1. The standard InChI is InChI=1S/C22H23ClN4O2S/c1-21(2,3)24-20(29)22(4)13-26-17(12-16(25-26)18-6-5-11-30-18)19(28)27(22)15-9-7-14(23)8-10-15/h5-12H,13H2,1-4H3,(H,24,29)/t22-/m0/s1. The Morgan fingerprint density at radius 1 is 1.23 bits per heavy atom. The van der Waals surface area contributed by atoms with Crippen LogP contribution in [0.1, 0.15) is 38.2 Å². The smallest absolute Gasteiger partial charge is 0.277 e. The maximum atomic E-state index is 13.6. The van der Waals surface area contributed by atoms with E-state index < -0.39 is 11.1 Å². The van der Waals surface area contributed by atoms with E-state index in [0.717, 1.165) is 10.6 Å². The fraction of sp³-hybridized carbons (Fsp3) is 0.318. The Morgan fingerprint density at radius 2 is 1.93 bits per heavy atom. The predicted molar refractivity (Wildman–Crippen MR) is 120 cm³/mol. The van der Waals surface area contributed by atoms with E-state index in [9.17, 15) is 9.59 Å². The van der Waals surface area contributed by atoms with Crippen LogP contribution in [0.4, 0.5) is 5.69 Å². The molecular formula is C22H23ClN4O2S. The highest BCUT2D eigenvalue weighted by Gasteiger charge is 2.49. The Labute approximate surface area is 184 Å². The fourth-order valence-corrected chi connectivity index (χ4v) is 4.40. The molecule has 0 aliphatic carbocycles. The average molecular weight is 443 g/mol. The van der Waals surface area contributed by atoms with Crippen LogP contribution in [0.2, 0.25) is 5.02 Å². The highest BCUT2D eigenvalue weighted by molar-refractivity contribution is 7.13. The summed E-state index contributed by atoms with van der Waals surface area (Å²) >= 11 is 7.61. The number of rotatable bonds is 3. The van der Waals surface area contributed by atoms with Gasteiger partial charge in [0.25, 0.3) is 5.91 Å². The van der Waals surface area contributed by atoms with Crippen molar-refractivity contribution in [2.24, 2.45) is 0 Å². The molecule has 0 fully saturated rings. The van der Waals surface area contributed by atoms with E-state index >= 15 is 0 Å². The minimum Gasteiger partial charge on any atom is -0.349 e. The number of anilines is 1. The number of fused-ring (bicyclic) bond motifs is 1. The van der Waals surface area contributed by atoms with Crippen molar-refractivity contribution in [1.82, 2.24) is 15.1 Å². The number of halogens is 1. The first-order valence-electron chi connectivity index (χ1n) is 9.63. The van der Waals surface area contributed by atoms with Crippen LogP contribution >= 0.6 is 22.9 Å². The van der Waals surface area contributed by atoms with Crippen LogP contribution in [0.5, 0.6) is 0 Å². The van der Waals surface area contributed by atoms with Gasteiger partial charge in [-0.3, -0.25) is 19.2 Å². The highest BCUT2D eigenvalue weighted by Crippen LogP contribution is 2.35. The molecule has 0 bridgehead atoms. The largest absolute Gasteiger partial charge is 0.349 e. The van der Waals surface area contributed by atoms with E-state index in [-0.39, 0.29) is 18.4 Å². The lowest BCUT2D eigenvalue weighted by Gasteiger charge is -2.44. The normalized spacial score (nSPS) is 19.0. The summed E-state index contributed by atoms with van der Waals surface area (Å²) in [6.07, 6.45) is 0. The molecular weight excluding hydrogens is 420 g/mol. The molecule has 1 aliphatic rings. The van der Waals surface area contributed by atoms with E-state index in [1.165, 1.54) is 0 Å². The number of nitrogens with zero attached hydrogens (tertiary/aromatic N) is 3. The molecule has 2 aromatic heterocycles. The van der Waals surface area contributed by atoms with Gasteiger partial charge in [0.2, 0.25) is 5.91 Å². The lowest BCUT2D eigenvalue weighted by atomic mass is 9.92. The van der Waals surface area contributed by atoms with Crippen molar-refractivity contribution in [3.05, 3.63) is 58.6 Å². The second-order valence-electron chi connectivity index (χ2n) is 8.64. The van der Waals surface area contributed by atoms with E-state index in [2.05, 4.69) is 10.4 Å². The maximum absolute atomic E-state index is 13.6. The summed E-state index contributed by atoms with van der Waals surface area (Å²) in [5, 5.41) is 10.2. The van der Waals surface area contributed by atoms with Gasteiger partial charge in [0.15, 0.2) is 0 Å². The molecule has 0 radical (unpaired) electrons. The number of benzene rings is 1. The summed E-state index contributed by atoms with van der Waals surface area (Å²) < 4.78 is 1.64. The molecule has 4 rings (SSSR count). The second kappa shape index (κ2) is 7.25. The van der Waals surface area contributed by atoms with Crippen molar-refractivity contribution in [3.8, 4) is 10.6 Å². The Hall–Kier alpha value is -2.64. The Morgan fingerprint density at radius 3 is 2.53 bits per heavy atom. The summed E-state index contributed by atoms with van der Waals surface area (Å²) in [6, 6.07) is 12.7. The van der Waals surface area contributed by atoms with Gasteiger partial charge in [0, 0.05) is 16.2 Å². The van der Waals surface area contributed by atoms with Gasteiger partial charge in [-0.2, -0.15) is 5.10 Å². The van der Waals surface area contributed by atoms with Gasteiger partial charge in [-0.05, 0) is 69.5 Å². The van der Waals surface area contributed by atoms with Crippen LogP contribution in [0, 0.1) is 0 Å². The van der Waals surface area contributed by atoms with Gasteiger partial charge in [0.05, 0.1) is 11.4 Å². The van der Waals surface area contributed by atoms with Crippen molar-refractivity contribution in [2.45, 2.75) is 45.3 Å². The zero-order valence-corrected chi connectivity index (χ0v) is 18.8. The third-order valence-electron chi connectivity index (χ3n) is 4.99. The van der Waals surface area contributed by atoms with Crippen LogP contribution in [0.15, 0.2) is 47.8 Å². The fourth-order valence-electron chi connectivity index (χ4n) is 3.60. The third-order valence-corrected chi connectivity index (χ3v) is 6.13. The van der Waals surface area contributed by atoms with Gasteiger partial charge in [-0.1, -0.05) is 17.7 Å². The van der Waals surface area contributed by atoms with Gasteiger partial charge in [-0.25, -0.2) is 0 Å². The zero-order chi connectivity index (χ0) is 21.7. The summed E-state index contributed by atoms with van der Waals surface area (Å²) in [6.45, 7) is 7.76. The third kappa shape index (κ3) is 3.63. The van der Waals surface area contributed by atoms with Crippen molar-refractivity contribution in [1.29, 1.82) is 0 Å². The minimum atomic E-state index is -1.16. The maximum Gasteiger partial charge on any atom is 0.277 e. The molecule has 1 atom stereocenters. The minimum absolute atomic E-state index is 0.239. The molecule has 156 valence electrons. The number of carbonyl (C=O) groups excluding carboxylic acids is 2. The topological polar surface area (TPSA) is 67.2 Å². The first kappa shape index (κ1) is 20.6. The number of thiophene rings is 1. The van der Waals surface area contributed by atoms with Crippen molar-refractivity contribution >= 4 is 40.4 Å². The molecule has 8 heteroatoms. The highest BCUT2D eigenvalue weighted by atomic mass is 35.5. The molecule has 2 amide bonds. The molecule has 0 saturated carbocycles. The Bertz CT molecular complexity index is 1100. The van der Waals surface area contributed by atoms with Crippen molar-refractivity contribution in [3.63, 3.8) is 0 Å². The average Bonchev–Trinajstić information content (AvgIpc) is 3.31. The number of carbonyl (C=O) groups is 2. The van der Waals surface area contributed by atoms with Crippen molar-refractivity contribution in [2.75, 3.05) is 4.90 Å². The van der Waals surface area contributed by atoms with Gasteiger partial charge >= 0.3 is 0 Å². The number of hydrogen-bond acceptors (Lipinski definition) is 4. The summed E-state index contributed by atoms with van der Waals surface area (Å²) in [7, 11) is 0. The molecule has 6 nitrogen and oxygen atoms in total. The quantitative estimate of drug-likeness (QED) is 0.644. The predicted octanol–water partition coefficient (Wildman–Crippen LogP) is 4.60. The van der Waals surface area contributed by atoms with E-state index in [1.807, 2.05) is 38.3 Å². The van der Waals surface area contributed by atoms with Crippen molar-refractivity contribution < 1.29 is 9.59 Å². The lowest BCUT2D eigenvalue weighted by molar-refractivity contribution is -0.128. The molecule has 0 spiro atoms. The van der Waals surface area contributed by atoms with Gasteiger partial charge < -0.3 is 5.32 Å². The van der Waals surface area contributed by atoms with Crippen LogP contribution < -0.4 is 10.2 Å². The summed E-state index contributed by atoms with van der Waals surface area (Å²) in [5.74, 6) is -0.512. The summed E-state index contributed by atoms with van der Waals surface area (Å²) in [4.78, 5) is 29.6. The van der Waals surface area contributed by atoms with Crippen LogP contribution in [-0.2, 0) is 11.3 Å². The molecule has 0 unspecified atom stereocenters. The number of nitrogens with one attached hydrogen (secondary N) is 1. The first-order valence-corrected chi connectivity index (χ1v) is 10.9. The van der Waals surface area contributed by atoms with E-state index in [0.29, 0.717) is 16.4 Å². The first-order chi connectivity index (χ1) is 14.1. The van der Waals surface area contributed by atoms with E-state index in [1.54, 1.807) is 58.2 Å². The number of aromatic nitrogens is 2. The van der Waals surface area contributed by atoms with Crippen LogP contribution in [0.25, 0.3) is 10.6 Å². The second-order valence-corrected chi connectivity index (χ2v) is 10.0. The Kier molecular flexibility index (Phi) is 4.98. The number of hydrogen-bond donors (Lipinski definition) is 1. The zero-order valence-electron chi connectivity index (χ0n) is 17.3. The molecule has 0 saturated heterocycles. The van der Waals surface area contributed by atoms with Gasteiger partial charge in [-0.15, -0.1) is 11.3 Å². The molecule has 1 aromatic carbocycles. The molecule has 30 heavy (non-hydrogen) atoms. The van der Waals surface area contributed by atoms with Crippen LogP contribution in [0.3, 0.4) is 0 Å². The molecule has 1 aliphatic heterocycles.